The largest absolute Gasteiger partial charge is 0.452 e. The molecule has 126 valence electrons. The Kier molecular flexibility index (Phi) is 5.62. The molecule has 0 aliphatic carbocycles. The lowest BCUT2D eigenvalue weighted by atomic mass is 10.1. The first kappa shape index (κ1) is 18.0. The van der Waals surface area contributed by atoms with E-state index in [1.807, 2.05) is 39.8 Å². The number of carbonyl (C=O) groups is 2. The van der Waals surface area contributed by atoms with E-state index in [9.17, 15) is 9.59 Å². The number of amides is 1. The minimum Gasteiger partial charge on any atom is -0.452 e. The molecule has 2 aromatic rings. The van der Waals surface area contributed by atoms with Gasteiger partial charge in [0.15, 0.2) is 6.61 Å². The predicted octanol–water partition coefficient (Wildman–Crippen LogP) is 4.37. The van der Waals surface area contributed by atoms with Crippen LogP contribution >= 0.6 is 11.6 Å². The Balaban J connectivity index is 2.00. The zero-order chi connectivity index (χ0) is 17.9. The summed E-state index contributed by atoms with van der Waals surface area (Å²) in [7, 11) is 0. The summed E-state index contributed by atoms with van der Waals surface area (Å²) in [4.78, 5) is 24.1. The van der Waals surface area contributed by atoms with Gasteiger partial charge in [-0.1, -0.05) is 34.9 Å². The number of benzene rings is 2. The maximum absolute atomic E-state index is 12.1. The van der Waals surface area contributed by atoms with Crippen LogP contribution in [0.15, 0.2) is 30.3 Å². The molecule has 0 atom stereocenters. The van der Waals surface area contributed by atoms with Gasteiger partial charge in [0.1, 0.15) is 0 Å². The van der Waals surface area contributed by atoms with E-state index in [1.165, 1.54) is 0 Å². The molecule has 1 N–H and O–H groups in total. The van der Waals surface area contributed by atoms with E-state index >= 15 is 0 Å². The molecular weight excluding hydrogens is 326 g/mol. The van der Waals surface area contributed by atoms with Crippen molar-refractivity contribution >= 4 is 29.2 Å². The van der Waals surface area contributed by atoms with Gasteiger partial charge in [0.2, 0.25) is 0 Å². The standard InChI is InChI=1S/C19H20ClNO3/c1-11-5-12(2)8-15(7-11)19(23)24-10-17(22)21-18-14(4)6-13(3)9-16(18)20/h5-9H,10H2,1-4H3,(H,21,22). The molecule has 0 spiro atoms. The molecule has 0 radical (unpaired) electrons. The Morgan fingerprint density at radius 3 is 2.12 bits per heavy atom. The number of aryl methyl sites for hydroxylation is 4. The molecule has 0 saturated carbocycles. The second kappa shape index (κ2) is 7.49. The molecule has 2 rings (SSSR count). The van der Waals surface area contributed by atoms with E-state index in [2.05, 4.69) is 5.32 Å². The van der Waals surface area contributed by atoms with Crippen molar-refractivity contribution in [1.82, 2.24) is 0 Å². The van der Waals surface area contributed by atoms with Crippen molar-refractivity contribution < 1.29 is 14.3 Å². The molecular formula is C19H20ClNO3. The summed E-state index contributed by atoms with van der Waals surface area (Å²) >= 11 is 6.15. The molecule has 0 fully saturated rings. The van der Waals surface area contributed by atoms with Gasteiger partial charge < -0.3 is 10.1 Å². The molecule has 1 amide bonds. The minimum atomic E-state index is -0.524. The van der Waals surface area contributed by atoms with Crippen LogP contribution in [0.25, 0.3) is 0 Å². The van der Waals surface area contributed by atoms with Crippen molar-refractivity contribution in [3.63, 3.8) is 0 Å². The van der Waals surface area contributed by atoms with Gasteiger partial charge in [-0.3, -0.25) is 4.79 Å². The third-order valence-corrected chi connectivity index (χ3v) is 3.79. The Hall–Kier alpha value is -2.33. The van der Waals surface area contributed by atoms with E-state index in [0.29, 0.717) is 16.3 Å². The van der Waals surface area contributed by atoms with E-state index in [1.54, 1.807) is 18.2 Å². The van der Waals surface area contributed by atoms with Crippen LogP contribution < -0.4 is 5.32 Å². The topological polar surface area (TPSA) is 55.4 Å². The van der Waals surface area contributed by atoms with Gasteiger partial charge in [-0.25, -0.2) is 4.79 Å². The summed E-state index contributed by atoms with van der Waals surface area (Å²) in [6.45, 7) is 7.22. The van der Waals surface area contributed by atoms with Gasteiger partial charge >= 0.3 is 5.97 Å². The van der Waals surface area contributed by atoms with Crippen molar-refractivity contribution in [2.45, 2.75) is 27.7 Å². The zero-order valence-electron chi connectivity index (χ0n) is 14.2. The Bertz CT molecular complexity index is 756. The quantitative estimate of drug-likeness (QED) is 0.837. The Labute approximate surface area is 146 Å². The van der Waals surface area contributed by atoms with Crippen LogP contribution in [-0.4, -0.2) is 18.5 Å². The summed E-state index contributed by atoms with van der Waals surface area (Å²) in [6.07, 6.45) is 0. The molecule has 4 nitrogen and oxygen atoms in total. The summed E-state index contributed by atoms with van der Waals surface area (Å²) in [5.74, 6) is -0.953. The van der Waals surface area contributed by atoms with Crippen LogP contribution in [0.2, 0.25) is 5.02 Å². The molecule has 0 aromatic heterocycles. The van der Waals surface area contributed by atoms with E-state index in [4.69, 9.17) is 16.3 Å². The fraction of sp³-hybridized carbons (Fsp3) is 0.263. The van der Waals surface area contributed by atoms with Gasteiger partial charge in [0.25, 0.3) is 5.91 Å². The maximum Gasteiger partial charge on any atom is 0.338 e. The minimum absolute atomic E-state index is 0.366. The van der Waals surface area contributed by atoms with E-state index in [0.717, 1.165) is 22.3 Å². The third-order valence-electron chi connectivity index (χ3n) is 3.49. The van der Waals surface area contributed by atoms with Crippen LogP contribution in [-0.2, 0) is 9.53 Å². The van der Waals surface area contributed by atoms with Crippen LogP contribution in [0.4, 0.5) is 5.69 Å². The molecule has 0 unspecified atom stereocenters. The summed E-state index contributed by atoms with van der Waals surface area (Å²) < 4.78 is 5.08. The van der Waals surface area contributed by atoms with Gasteiger partial charge in [-0.2, -0.15) is 0 Å². The first-order valence-corrected chi connectivity index (χ1v) is 7.96. The number of halogens is 1. The zero-order valence-corrected chi connectivity index (χ0v) is 15.0. The van der Waals surface area contributed by atoms with Crippen LogP contribution in [0.5, 0.6) is 0 Å². The third kappa shape index (κ3) is 4.59. The predicted molar refractivity (Wildman–Crippen MR) is 95.8 cm³/mol. The number of nitrogens with one attached hydrogen (secondary N) is 1. The second-order valence-electron chi connectivity index (χ2n) is 5.94. The van der Waals surface area contributed by atoms with Crippen molar-refractivity contribution in [3.8, 4) is 0 Å². The fourth-order valence-corrected chi connectivity index (χ4v) is 2.92. The first-order chi connectivity index (χ1) is 11.3. The highest BCUT2D eigenvalue weighted by Gasteiger charge is 2.13. The SMILES string of the molecule is Cc1cc(C)cc(C(=O)OCC(=O)Nc2c(C)cc(C)cc2Cl)c1. The summed E-state index contributed by atoms with van der Waals surface area (Å²) in [6, 6.07) is 9.11. The first-order valence-electron chi connectivity index (χ1n) is 7.58. The monoisotopic (exact) mass is 345 g/mol. The lowest BCUT2D eigenvalue weighted by Crippen LogP contribution is -2.21. The van der Waals surface area contributed by atoms with E-state index in [-0.39, 0.29) is 6.61 Å². The molecule has 5 heteroatoms. The smallest absolute Gasteiger partial charge is 0.338 e. The van der Waals surface area contributed by atoms with Crippen molar-refractivity contribution in [2.24, 2.45) is 0 Å². The average Bonchev–Trinajstić information content (AvgIpc) is 2.47. The lowest BCUT2D eigenvalue weighted by molar-refractivity contribution is -0.119. The lowest BCUT2D eigenvalue weighted by Gasteiger charge is -2.12. The van der Waals surface area contributed by atoms with Gasteiger partial charge in [0.05, 0.1) is 16.3 Å². The Morgan fingerprint density at radius 1 is 0.958 bits per heavy atom. The number of hydrogen-bond acceptors (Lipinski definition) is 3. The molecule has 0 aliphatic heterocycles. The highest BCUT2D eigenvalue weighted by atomic mass is 35.5. The van der Waals surface area contributed by atoms with Crippen LogP contribution in [0.3, 0.4) is 0 Å². The van der Waals surface area contributed by atoms with Gasteiger partial charge in [-0.05, 0) is 57.0 Å². The van der Waals surface area contributed by atoms with Crippen molar-refractivity contribution in [1.29, 1.82) is 0 Å². The summed E-state index contributed by atoms with van der Waals surface area (Å²) in [5.41, 5.74) is 4.77. The molecule has 0 saturated heterocycles. The maximum atomic E-state index is 12.1. The van der Waals surface area contributed by atoms with Crippen LogP contribution in [0, 0.1) is 27.7 Å². The fourth-order valence-electron chi connectivity index (χ4n) is 2.56. The number of rotatable bonds is 4. The Morgan fingerprint density at radius 2 is 1.54 bits per heavy atom. The highest BCUT2D eigenvalue weighted by molar-refractivity contribution is 6.34. The number of esters is 1. The van der Waals surface area contributed by atoms with Crippen molar-refractivity contribution in [2.75, 3.05) is 11.9 Å². The normalized spacial score (nSPS) is 10.4. The number of anilines is 1. The van der Waals surface area contributed by atoms with Gasteiger partial charge in [0, 0.05) is 0 Å². The molecule has 0 aliphatic rings. The number of ether oxygens (including phenoxy) is 1. The summed E-state index contributed by atoms with van der Waals surface area (Å²) in [5, 5.41) is 3.15. The molecule has 2 aromatic carbocycles. The van der Waals surface area contributed by atoms with Crippen molar-refractivity contribution in [3.05, 3.63) is 63.2 Å². The highest BCUT2D eigenvalue weighted by Crippen LogP contribution is 2.27. The van der Waals surface area contributed by atoms with Crippen LogP contribution in [0.1, 0.15) is 32.6 Å². The number of hydrogen-bond donors (Lipinski definition) is 1. The van der Waals surface area contributed by atoms with Gasteiger partial charge in [-0.15, -0.1) is 0 Å². The number of carbonyl (C=O) groups excluding carboxylic acids is 2. The average molecular weight is 346 g/mol. The molecule has 24 heavy (non-hydrogen) atoms. The molecule has 0 bridgehead atoms. The second-order valence-corrected chi connectivity index (χ2v) is 6.35. The molecule has 0 heterocycles. The van der Waals surface area contributed by atoms with E-state index < -0.39 is 11.9 Å².